The quantitative estimate of drug-likeness (QED) is 0.820. The van der Waals surface area contributed by atoms with E-state index in [0.717, 1.165) is 0 Å². The predicted octanol–water partition coefficient (Wildman–Crippen LogP) is 0.716. The average Bonchev–Trinajstić information content (AvgIpc) is 2.82. The third-order valence-corrected chi connectivity index (χ3v) is 3.68. The van der Waals surface area contributed by atoms with Gasteiger partial charge in [0.25, 0.3) is 5.91 Å². The number of carbonyl (C=O) groups excluding carboxylic acids is 1. The largest absolute Gasteiger partial charge is 0.390 e. The van der Waals surface area contributed by atoms with E-state index in [1.165, 1.54) is 0 Å². The summed E-state index contributed by atoms with van der Waals surface area (Å²) in [6, 6.07) is 0. The van der Waals surface area contributed by atoms with Crippen LogP contribution in [-0.4, -0.2) is 49.2 Å². The van der Waals surface area contributed by atoms with E-state index in [-0.39, 0.29) is 5.91 Å². The molecule has 0 spiro atoms. The van der Waals surface area contributed by atoms with Gasteiger partial charge in [-0.05, 0) is 19.8 Å². The van der Waals surface area contributed by atoms with Gasteiger partial charge in [0.15, 0.2) is 0 Å². The summed E-state index contributed by atoms with van der Waals surface area (Å²) in [6.07, 6.45) is 7.78. The van der Waals surface area contributed by atoms with Crippen molar-refractivity contribution in [2.24, 2.45) is 0 Å². The van der Waals surface area contributed by atoms with Crippen LogP contribution in [0.1, 0.15) is 30.1 Å². The maximum Gasteiger partial charge on any atom is 0.257 e. The molecule has 1 fully saturated rings. The van der Waals surface area contributed by atoms with Gasteiger partial charge in [0.05, 0.1) is 29.1 Å². The highest BCUT2D eigenvalue weighted by Gasteiger charge is 2.30. The van der Waals surface area contributed by atoms with Gasteiger partial charge in [-0.3, -0.25) is 9.78 Å². The van der Waals surface area contributed by atoms with Gasteiger partial charge in [-0.25, -0.2) is 4.52 Å². The fraction of sp³-hybridized carbons (Fsp3) is 0.462. The smallest absolute Gasteiger partial charge is 0.257 e. The van der Waals surface area contributed by atoms with Crippen molar-refractivity contribution in [3.05, 3.63) is 30.4 Å². The summed E-state index contributed by atoms with van der Waals surface area (Å²) in [6.45, 7) is 2.96. The highest BCUT2D eigenvalue weighted by atomic mass is 16.3. The van der Waals surface area contributed by atoms with Gasteiger partial charge >= 0.3 is 0 Å². The van der Waals surface area contributed by atoms with E-state index in [0.29, 0.717) is 37.0 Å². The molecule has 0 unspecified atom stereocenters. The number of carbonyl (C=O) groups is 1. The summed E-state index contributed by atoms with van der Waals surface area (Å²) in [5.41, 5.74) is 0.624. The Labute approximate surface area is 110 Å². The molecule has 100 valence electrons. The van der Waals surface area contributed by atoms with E-state index < -0.39 is 5.60 Å². The zero-order valence-corrected chi connectivity index (χ0v) is 10.8. The molecule has 1 aliphatic heterocycles. The Morgan fingerprint density at radius 1 is 1.37 bits per heavy atom. The molecule has 0 bridgehead atoms. The van der Waals surface area contributed by atoms with Crippen LogP contribution in [0, 0.1) is 0 Å². The number of rotatable bonds is 1. The summed E-state index contributed by atoms with van der Waals surface area (Å²) in [5, 5.41) is 14.1. The molecule has 1 N–H and O–H groups in total. The van der Waals surface area contributed by atoms with Gasteiger partial charge in [0, 0.05) is 25.5 Å². The van der Waals surface area contributed by atoms with Crippen LogP contribution in [-0.2, 0) is 0 Å². The first-order valence-electron chi connectivity index (χ1n) is 6.36. The van der Waals surface area contributed by atoms with Crippen LogP contribution in [0.3, 0.4) is 0 Å². The first-order valence-corrected chi connectivity index (χ1v) is 6.36. The normalized spacial score (nSPS) is 18.7. The Morgan fingerprint density at radius 2 is 2.11 bits per heavy atom. The molecule has 1 aliphatic rings. The Morgan fingerprint density at radius 3 is 2.84 bits per heavy atom. The second kappa shape index (κ2) is 4.31. The van der Waals surface area contributed by atoms with E-state index in [1.54, 1.807) is 34.2 Å². The Balaban J connectivity index is 1.85. The minimum atomic E-state index is -0.653. The lowest BCUT2D eigenvalue weighted by atomic mass is 9.93. The lowest BCUT2D eigenvalue weighted by molar-refractivity contribution is -0.00196. The number of fused-ring (bicyclic) bond motifs is 1. The van der Waals surface area contributed by atoms with Crippen molar-refractivity contribution in [1.29, 1.82) is 0 Å². The summed E-state index contributed by atoms with van der Waals surface area (Å²) in [4.78, 5) is 18.2. The van der Waals surface area contributed by atoms with E-state index in [9.17, 15) is 9.90 Å². The van der Waals surface area contributed by atoms with E-state index >= 15 is 0 Å². The highest BCUT2D eigenvalue weighted by molar-refractivity contribution is 6.00. The van der Waals surface area contributed by atoms with Crippen molar-refractivity contribution in [3.8, 4) is 0 Å². The summed E-state index contributed by atoms with van der Waals surface area (Å²) in [5.74, 6) is -0.0431. The molecule has 0 aromatic carbocycles. The molecule has 6 heteroatoms. The topological polar surface area (TPSA) is 70.7 Å². The highest BCUT2D eigenvalue weighted by Crippen LogP contribution is 2.23. The van der Waals surface area contributed by atoms with Crippen molar-refractivity contribution in [2.75, 3.05) is 13.1 Å². The number of amides is 1. The van der Waals surface area contributed by atoms with E-state index in [1.807, 2.05) is 6.92 Å². The van der Waals surface area contributed by atoms with Crippen molar-refractivity contribution in [3.63, 3.8) is 0 Å². The number of hydrogen-bond acceptors (Lipinski definition) is 4. The van der Waals surface area contributed by atoms with Crippen molar-refractivity contribution in [2.45, 2.75) is 25.4 Å². The fourth-order valence-corrected chi connectivity index (χ4v) is 2.36. The van der Waals surface area contributed by atoms with Crippen molar-refractivity contribution >= 4 is 11.4 Å². The van der Waals surface area contributed by atoms with Gasteiger partial charge in [0.1, 0.15) is 0 Å². The molecule has 1 saturated heterocycles. The zero-order valence-electron chi connectivity index (χ0n) is 10.8. The molecule has 0 atom stereocenters. The van der Waals surface area contributed by atoms with Gasteiger partial charge in [-0.1, -0.05) is 0 Å². The van der Waals surface area contributed by atoms with Crippen LogP contribution in [0.25, 0.3) is 5.52 Å². The Bertz CT molecular complexity index is 610. The fourth-order valence-electron chi connectivity index (χ4n) is 2.36. The number of nitrogens with zero attached hydrogens (tertiary/aromatic N) is 4. The van der Waals surface area contributed by atoms with Gasteiger partial charge < -0.3 is 10.0 Å². The molecule has 0 aliphatic carbocycles. The maximum absolute atomic E-state index is 12.4. The van der Waals surface area contributed by atoms with E-state index in [2.05, 4.69) is 10.1 Å². The number of hydrogen-bond donors (Lipinski definition) is 1. The molecule has 19 heavy (non-hydrogen) atoms. The lowest BCUT2D eigenvalue weighted by Gasteiger charge is -2.35. The molecule has 6 nitrogen and oxygen atoms in total. The number of likely N-dealkylation sites (tertiary alicyclic amines) is 1. The number of aliphatic hydroxyl groups is 1. The van der Waals surface area contributed by atoms with Crippen LogP contribution < -0.4 is 0 Å². The van der Waals surface area contributed by atoms with Gasteiger partial charge in [-0.2, -0.15) is 5.10 Å². The molecule has 3 rings (SSSR count). The third-order valence-electron chi connectivity index (χ3n) is 3.68. The predicted molar refractivity (Wildman–Crippen MR) is 68.7 cm³/mol. The number of piperidine rings is 1. The minimum Gasteiger partial charge on any atom is -0.390 e. The summed E-state index contributed by atoms with van der Waals surface area (Å²) < 4.78 is 1.64. The Kier molecular flexibility index (Phi) is 2.74. The van der Waals surface area contributed by atoms with Crippen LogP contribution in [0.5, 0.6) is 0 Å². The molecule has 2 aromatic rings. The van der Waals surface area contributed by atoms with Crippen LogP contribution in [0.15, 0.2) is 24.8 Å². The molecular weight excluding hydrogens is 244 g/mol. The molecular formula is C13H16N4O2. The third kappa shape index (κ3) is 2.19. The van der Waals surface area contributed by atoms with Crippen LogP contribution in [0.2, 0.25) is 0 Å². The summed E-state index contributed by atoms with van der Waals surface area (Å²) in [7, 11) is 0. The summed E-state index contributed by atoms with van der Waals surface area (Å²) >= 11 is 0. The first kappa shape index (κ1) is 12.1. The van der Waals surface area contributed by atoms with Crippen molar-refractivity contribution < 1.29 is 9.90 Å². The standard InChI is InChI=1S/C13H16N4O2/c1-13(19)2-5-16(6-3-13)12(18)10-8-15-17-7-4-14-9-11(10)17/h4,7-9,19H,2-3,5-6H2,1H3. The van der Waals surface area contributed by atoms with Gasteiger partial charge in [0.2, 0.25) is 0 Å². The minimum absolute atomic E-state index is 0.0431. The molecule has 3 heterocycles. The second-order valence-corrected chi connectivity index (χ2v) is 5.25. The average molecular weight is 260 g/mol. The monoisotopic (exact) mass is 260 g/mol. The zero-order chi connectivity index (χ0) is 13.5. The van der Waals surface area contributed by atoms with Crippen LogP contribution in [0.4, 0.5) is 0 Å². The maximum atomic E-state index is 12.4. The first-order chi connectivity index (χ1) is 9.07. The van der Waals surface area contributed by atoms with Crippen LogP contribution >= 0.6 is 0 Å². The molecule has 0 radical (unpaired) electrons. The second-order valence-electron chi connectivity index (χ2n) is 5.25. The van der Waals surface area contributed by atoms with Gasteiger partial charge in [-0.15, -0.1) is 0 Å². The molecule has 0 saturated carbocycles. The van der Waals surface area contributed by atoms with E-state index in [4.69, 9.17) is 0 Å². The Hall–Kier alpha value is -1.95. The van der Waals surface area contributed by atoms with Crippen molar-refractivity contribution in [1.82, 2.24) is 19.5 Å². The lowest BCUT2D eigenvalue weighted by Crippen LogP contribution is -2.45. The molecule has 2 aromatic heterocycles. The molecule has 1 amide bonds. The SMILES string of the molecule is CC1(O)CCN(C(=O)c2cnn3ccncc23)CC1. The number of aromatic nitrogens is 3.